The van der Waals surface area contributed by atoms with Crippen molar-refractivity contribution in [2.24, 2.45) is 11.8 Å². The zero-order chi connectivity index (χ0) is 11.4. The van der Waals surface area contributed by atoms with E-state index in [-0.39, 0.29) is 6.04 Å². The van der Waals surface area contributed by atoms with Crippen molar-refractivity contribution in [1.82, 2.24) is 5.43 Å². The highest BCUT2D eigenvalue weighted by Crippen LogP contribution is 2.36. The second kappa shape index (κ2) is 5.71. The van der Waals surface area contributed by atoms with Gasteiger partial charge in [-0.2, -0.15) is 0 Å². The van der Waals surface area contributed by atoms with Crippen LogP contribution in [0.5, 0.6) is 0 Å². The summed E-state index contributed by atoms with van der Waals surface area (Å²) in [6.07, 6.45) is 9.32. The Labute approximate surface area is 101 Å². The molecule has 0 bridgehead atoms. The van der Waals surface area contributed by atoms with Gasteiger partial charge in [-0.25, -0.2) is 0 Å². The number of furan rings is 1. The highest BCUT2D eigenvalue weighted by atomic mass is 35.5. The van der Waals surface area contributed by atoms with E-state index in [2.05, 4.69) is 5.43 Å². The van der Waals surface area contributed by atoms with Crippen molar-refractivity contribution in [2.75, 3.05) is 0 Å². The molecule has 0 amide bonds. The minimum absolute atomic E-state index is 0.129. The van der Waals surface area contributed by atoms with Crippen molar-refractivity contribution in [1.29, 1.82) is 0 Å². The maximum atomic E-state index is 6.01. The van der Waals surface area contributed by atoms with Crippen LogP contribution in [-0.2, 0) is 0 Å². The lowest BCUT2D eigenvalue weighted by atomic mass is 9.89. The lowest BCUT2D eigenvalue weighted by Crippen LogP contribution is -2.33. The largest absolute Gasteiger partial charge is 0.453 e. The highest BCUT2D eigenvalue weighted by Gasteiger charge is 2.26. The average molecular weight is 243 g/mol. The Hall–Kier alpha value is -0.510. The first-order chi connectivity index (χ1) is 7.83. The number of hydrogen-bond donors (Lipinski definition) is 2. The Morgan fingerprint density at radius 3 is 2.50 bits per heavy atom. The highest BCUT2D eigenvalue weighted by molar-refractivity contribution is 6.29. The van der Waals surface area contributed by atoms with Gasteiger partial charge in [0, 0.05) is 5.56 Å². The summed E-state index contributed by atoms with van der Waals surface area (Å²) in [5.74, 6) is 6.24. The number of hydrogen-bond acceptors (Lipinski definition) is 3. The van der Waals surface area contributed by atoms with Crippen LogP contribution >= 0.6 is 11.6 Å². The summed E-state index contributed by atoms with van der Waals surface area (Å²) in [5.41, 5.74) is 3.89. The Morgan fingerprint density at radius 1 is 1.31 bits per heavy atom. The van der Waals surface area contributed by atoms with Crippen LogP contribution in [0.25, 0.3) is 0 Å². The van der Waals surface area contributed by atoms with Crippen molar-refractivity contribution in [3.8, 4) is 0 Å². The maximum absolute atomic E-state index is 6.01. The van der Waals surface area contributed by atoms with Gasteiger partial charge in [-0.1, -0.05) is 25.7 Å². The molecule has 1 atom stereocenters. The lowest BCUT2D eigenvalue weighted by molar-refractivity contribution is 0.327. The molecule has 1 aromatic heterocycles. The standard InChI is InChI=1S/C12H19ClN2O/c13-12-10(7-8-16-12)11(15-14)9-5-3-1-2-4-6-9/h7-9,11,15H,1-6,14H2. The Kier molecular flexibility index (Phi) is 4.27. The Balaban J connectivity index is 2.12. The van der Waals surface area contributed by atoms with Crippen LogP contribution in [0, 0.1) is 5.92 Å². The quantitative estimate of drug-likeness (QED) is 0.485. The molecule has 1 saturated carbocycles. The fourth-order valence-corrected chi connectivity index (χ4v) is 2.88. The number of hydrazine groups is 1. The molecule has 1 aliphatic rings. The number of nitrogens with one attached hydrogen (secondary N) is 1. The summed E-state index contributed by atoms with van der Waals surface area (Å²) in [5, 5.41) is 0.465. The first-order valence-corrected chi connectivity index (χ1v) is 6.39. The van der Waals surface area contributed by atoms with Gasteiger partial charge >= 0.3 is 0 Å². The average Bonchev–Trinajstić information content (AvgIpc) is 2.57. The SMILES string of the molecule is NNC(c1ccoc1Cl)C1CCCCCC1. The van der Waals surface area contributed by atoms with E-state index in [1.165, 1.54) is 38.5 Å². The van der Waals surface area contributed by atoms with E-state index in [4.69, 9.17) is 21.9 Å². The Morgan fingerprint density at radius 2 is 2.00 bits per heavy atom. The van der Waals surface area contributed by atoms with E-state index in [0.717, 1.165) is 5.56 Å². The predicted molar refractivity (Wildman–Crippen MR) is 65.0 cm³/mol. The first-order valence-electron chi connectivity index (χ1n) is 6.02. The van der Waals surface area contributed by atoms with Gasteiger partial charge in [0.25, 0.3) is 0 Å². The molecular weight excluding hydrogens is 224 g/mol. The summed E-state index contributed by atoms with van der Waals surface area (Å²) in [6.45, 7) is 0. The summed E-state index contributed by atoms with van der Waals surface area (Å²) in [7, 11) is 0. The van der Waals surface area contributed by atoms with Crippen LogP contribution in [0.1, 0.15) is 50.1 Å². The second-order valence-electron chi connectivity index (χ2n) is 4.55. The molecular formula is C12H19ClN2O. The van der Waals surface area contributed by atoms with E-state index < -0.39 is 0 Å². The third-order valence-electron chi connectivity index (χ3n) is 3.53. The topological polar surface area (TPSA) is 51.2 Å². The molecule has 0 aromatic carbocycles. The van der Waals surface area contributed by atoms with E-state index in [0.29, 0.717) is 11.1 Å². The zero-order valence-electron chi connectivity index (χ0n) is 9.42. The second-order valence-corrected chi connectivity index (χ2v) is 4.89. The van der Waals surface area contributed by atoms with Gasteiger partial charge in [0.05, 0.1) is 12.3 Å². The molecule has 0 spiro atoms. The fraction of sp³-hybridized carbons (Fsp3) is 0.667. The molecule has 16 heavy (non-hydrogen) atoms. The van der Waals surface area contributed by atoms with Crippen molar-refractivity contribution < 1.29 is 4.42 Å². The van der Waals surface area contributed by atoms with Gasteiger partial charge in [0.2, 0.25) is 0 Å². The molecule has 2 rings (SSSR count). The third kappa shape index (κ3) is 2.59. The smallest absolute Gasteiger partial charge is 0.197 e. The van der Waals surface area contributed by atoms with Crippen LogP contribution in [-0.4, -0.2) is 0 Å². The molecule has 1 fully saturated rings. The molecule has 1 aromatic rings. The summed E-state index contributed by atoms with van der Waals surface area (Å²) < 4.78 is 5.14. The number of nitrogens with two attached hydrogens (primary N) is 1. The number of rotatable bonds is 3. The maximum Gasteiger partial charge on any atom is 0.197 e. The van der Waals surface area contributed by atoms with Gasteiger partial charge in [-0.05, 0) is 36.4 Å². The molecule has 90 valence electrons. The van der Waals surface area contributed by atoms with E-state index in [9.17, 15) is 0 Å². The van der Waals surface area contributed by atoms with Crippen molar-refractivity contribution in [2.45, 2.75) is 44.6 Å². The summed E-state index contributed by atoms with van der Waals surface area (Å²) >= 11 is 6.01. The number of halogens is 1. The van der Waals surface area contributed by atoms with Gasteiger partial charge in [0.15, 0.2) is 5.22 Å². The molecule has 0 saturated heterocycles. The van der Waals surface area contributed by atoms with Crippen molar-refractivity contribution in [3.63, 3.8) is 0 Å². The predicted octanol–water partition coefficient (Wildman–Crippen LogP) is 3.41. The van der Waals surface area contributed by atoms with Gasteiger partial charge in [0.1, 0.15) is 0 Å². The zero-order valence-corrected chi connectivity index (χ0v) is 10.2. The van der Waals surface area contributed by atoms with Gasteiger partial charge in [-0.15, -0.1) is 0 Å². The molecule has 1 unspecified atom stereocenters. The van der Waals surface area contributed by atoms with Crippen LogP contribution in [0.3, 0.4) is 0 Å². The van der Waals surface area contributed by atoms with Gasteiger partial charge < -0.3 is 4.42 Å². The van der Waals surface area contributed by atoms with Crippen LogP contribution in [0.4, 0.5) is 0 Å². The first kappa shape index (κ1) is 12.0. The molecule has 1 aliphatic carbocycles. The molecule has 3 N–H and O–H groups in total. The monoisotopic (exact) mass is 242 g/mol. The third-order valence-corrected chi connectivity index (χ3v) is 3.84. The van der Waals surface area contributed by atoms with Crippen LogP contribution < -0.4 is 11.3 Å². The summed E-state index contributed by atoms with van der Waals surface area (Å²) in [6, 6.07) is 2.04. The van der Waals surface area contributed by atoms with Crippen molar-refractivity contribution >= 4 is 11.6 Å². The molecule has 3 nitrogen and oxygen atoms in total. The van der Waals surface area contributed by atoms with Crippen molar-refractivity contribution in [3.05, 3.63) is 23.1 Å². The molecule has 1 heterocycles. The lowest BCUT2D eigenvalue weighted by Gasteiger charge is -2.24. The minimum atomic E-state index is 0.129. The van der Waals surface area contributed by atoms with E-state index in [1.807, 2.05) is 6.07 Å². The van der Waals surface area contributed by atoms with E-state index >= 15 is 0 Å². The molecule has 4 heteroatoms. The van der Waals surface area contributed by atoms with Crippen LogP contribution in [0.15, 0.2) is 16.7 Å². The fourth-order valence-electron chi connectivity index (χ4n) is 2.65. The van der Waals surface area contributed by atoms with Crippen LogP contribution in [0.2, 0.25) is 5.22 Å². The minimum Gasteiger partial charge on any atom is -0.453 e. The van der Waals surface area contributed by atoms with Gasteiger partial charge in [-0.3, -0.25) is 11.3 Å². The molecule has 0 radical (unpaired) electrons. The van der Waals surface area contributed by atoms with E-state index in [1.54, 1.807) is 6.26 Å². The summed E-state index contributed by atoms with van der Waals surface area (Å²) in [4.78, 5) is 0. The Bertz CT molecular complexity index is 319. The molecule has 0 aliphatic heterocycles. The normalized spacial score (nSPS) is 20.6.